The van der Waals surface area contributed by atoms with Crippen molar-refractivity contribution in [3.8, 4) is 5.69 Å². The molecule has 1 aromatic heterocycles. The van der Waals surface area contributed by atoms with E-state index in [9.17, 15) is 26.7 Å². The van der Waals surface area contributed by atoms with Gasteiger partial charge in [0.2, 0.25) is 0 Å². The van der Waals surface area contributed by atoms with E-state index in [1.807, 2.05) is 0 Å². The first-order chi connectivity index (χ1) is 14.7. The fraction of sp³-hybridized carbons (Fsp3) is 0.238. The number of hydrogen-bond acceptors (Lipinski definition) is 3. The van der Waals surface area contributed by atoms with Crippen LogP contribution in [0.2, 0.25) is 0 Å². The SMILES string of the molecule is O=C(Nc1ccccc1NCC(F)(F)F)c1nn(-c2ccc(F)c(F)c2)c2c1CCC2. The molecule has 162 valence electrons. The van der Waals surface area contributed by atoms with E-state index >= 15 is 0 Å². The lowest BCUT2D eigenvalue weighted by atomic mass is 10.2. The van der Waals surface area contributed by atoms with Crippen molar-refractivity contribution in [1.82, 2.24) is 9.78 Å². The summed E-state index contributed by atoms with van der Waals surface area (Å²) in [7, 11) is 0. The second-order valence-corrected chi connectivity index (χ2v) is 7.11. The molecule has 1 heterocycles. The van der Waals surface area contributed by atoms with E-state index in [0.29, 0.717) is 18.4 Å². The van der Waals surface area contributed by atoms with Crippen LogP contribution < -0.4 is 10.6 Å². The van der Waals surface area contributed by atoms with Crippen molar-refractivity contribution in [2.45, 2.75) is 25.4 Å². The van der Waals surface area contributed by atoms with Crippen LogP contribution in [0, 0.1) is 11.6 Å². The quantitative estimate of drug-likeness (QED) is 0.562. The van der Waals surface area contributed by atoms with E-state index in [1.54, 1.807) is 12.1 Å². The Balaban J connectivity index is 1.63. The van der Waals surface area contributed by atoms with Gasteiger partial charge in [0.15, 0.2) is 17.3 Å². The lowest BCUT2D eigenvalue weighted by Gasteiger charge is -2.14. The molecule has 1 aliphatic carbocycles. The highest BCUT2D eigenvalue weighted by molar-refractivity contribution is 6.05. The number of nitrogens with one attached hydrogen (secondary N) is 2. The highest BCUT2D eigenvalue weighted by Gasteiger charge is 2.29. The zero-order chi connectivity index (χ0) is 22.2. The molecule has 1 amide bonds. The Hall–Kier alpha value is -3.43. The monoisotopic (exact) mass is 436 g/mol. The summed E-state index contributed by atoms with van der Waals surface area (Å²) in [5.74, 6) is -2.62. The van der Waals surface area contributed by atoms with E-state index in [1.165, 1.54) is 22.9 Å². The van der Waals surface area contributed by atoms with Crippen molar-refractivity contribution in [2.75, 3.05) is 17.2 Å². The third-order valence-corrected chi connectivity index (χ3v) is 4.95. The van der Waals surface area contributed by atoms with Gasteiger partial charge < -0.3 is 10.6 Å². The van der Waals surface area contributed by atoms with Crippen LogP contribution in [-0.4, -0.2) is 28.4 Å². The first kappa shape index (κ1) is 20.8. The number of benzene rings is 2. The molecule has 2 N–H and O–H groups in total. The highest BCUT2D eigenvalue weighted by atomic mass is 19.4. The van der Waals surface area contributed by atoms with Crippen LogP contribution >= 0.6 is 0 Å². The number of carbonyl (C=O) groups is 1. The third kappa shape index (κ3) is 4.37. The molecule has 0 radical (unpaired) electrons. The summed E-state index contributed by atoms with van der Waals surface area (Å²) < 4.78 is 66.1. The van der Waals surface area contributed by atoms with Crippen LogP contribution in [0.15, 0.2) is 42.5 Å². The highest BCUT2D eigenvalue weighted by Crippen LogP contribution is 2.30. The van der Waals surface area contributed by atoms with Gasteiger partial charge in [0, 0.05) is 17.3 Å². The summed E-state index contributed by atoms with van der Waals surface area (Å²) in [6.45, 7) is -1.25. The van der Waals surface area contributed by atoms with Gasteiger partial charge in [-0.15, -0.1) is 0 Å². The topological polar surface area (TPSA) is 59.0 Å². The zero-order valence-electron chi connectivity index (χ0n) is 16.1. The number of rotatable bonds is 5. The maximum Gasteiger partial charge on any atom is 0.405 e. The van der Waals surface area contributed by atoms with Crippen molar-refractivity contribution in [3.63, 3.8) is 0 Å². The Labute approximate surface area is 173 Å². The molecular formula is C21H17F5N4O. The maximum atomic E-state index is 13.7. The van der Waals surface area contributed by atoms with Gasteiger partial charge >= 0.3 is 6.18 Å². The molecule has 5 nitrogen and oxygen atoms in total. The normalized spacial score (nSPS) is 13.2. The summed E-state index contributed by atoms with van der Waals surface area (Å²) in [6, 6.07) is 9.37. The van der Waals surface area contributed by atoms with E-state index in [0.717, 1.165) is 24.2 Å². The molecule has 0 spiro atoms. The number of alkyl halides is 3. The molecule has 4 rings (SSSR count). The Morgan fingerprint density at radius 3 is 2.48 bits per heavy atom. The van der Waals surface area contributed by atoms with Crippen molar-refractivity contribution in [3.05, 3.63) is 71.1 Å². The Morgan fingerprint density at radius 2 is 1.77 bits per heavy atom. The molecule has 0 bridgehead atoms. The number of fused-ring (bicyclic) bond motifs is 1. The molecule has 31 heavy (non-hydrogen) atoms. The predicted molar refractivity (Wildman–Crippen MR) is 104 cm³/mol. The van der Waals surface area contributed by atoms with Crippen LogP contribution in [0.25, 0.3) is 5.69 Å². The van der Waals surface area contributed by atoms with Gasteiger partial charge in [-0.05, 0) is 43.5 Å². The smallest absolute Gasteiger partial charge is 0.375 e. The van der Waals surface area contributed by atoms with Crippen LogP contribution in [0.4, 0.5) is 33.3 Å². The van der Waals surface area contributed by atoms with Crippen molar-refractivity contribution < 1.29 is 26.7 Å². The molecule has 0 atom stereocenters. The molecule has 1 aliphatic rings. The number of hydrogen-bond donors (Lipinski definition) is 2. The van der Waals surface area contributed by atoms with Gasteiger partial charge in [0.25, 0.3) is 5.91 Å². The van der Waals surface area contributed by atoms with Crippen LogP contribution in [0.1, 0.15) is 28.2 Å². The molecular weight excluding hydrogens is 419 g/mol. The standard InChI is InChI=1S/C21H17F5N4O/c22-14-9-8-12(10-15(14)23)30-18-7-3-4-13(18)19(29-30)20(31)28-17-6-2-1-5-16(17)27-11-21(24,25)26/h1-2,5-6,8-10,27H,3-4,7,11H2,(H,28,31). The van der Waals surface area contributed by atoms with Gasteiger partial charge in [0.1, 0.15) is 6.54 Å². The molecule has 2 aromatic carbocycles. The number of amides is 1. The number of para-hydroxylation sites is 2. The molecule has 0 unspecified atom stereocenters. The van der Waals surface area contributed by atoms with Crippen LogP contribution in [0.3, 0.4) is 0 Å². The number of nitrogens with zero attached hydrogens (tertiary/aromatic N) is 2. The molecule has 10 heteroatoms. The first-order valence-electron chi connectivity index (χ1n) is 9.50. The van der Waals surface area contributed by atoms with Gasteiger partial charge in [-0.2, -0.15) is 18.3 Å². The van der Waals surface area contributed by atoms with Gasteiger partial charge in [-0.1, -0.05) is 12.1 Å². The molecule has 0 saturated heterocycles. The number of carbonyl (C=O) groups excluding carboxylic acids is 1. The fourth-order valence-corrected chi connectivity index (χ4v) is 3.57. The average Bonchev–Trinajstić information content (AvgIpc) is 3.31. The van der Waals surface area contributed by atoms with Crippen molar-refractivity contribution in [2.24, 2.45) is 0 Å². The lowest BCUT2D eigenvalue weighted by Crippen LogP contribution is -2.22. The number of aromatic nitrogens is 2. The van der Waals surface area contributed by atoms with Crippen LogP contribution in [0.5, 0.6) is 0 Å². The zero-order valence-corrected chi connectivity index (χ0v) is 16.1. The first-order valence-corrected chi connectivity index (χ1v) is 9.50. The predicted octanol–water partition coefficient (Wildman–Crippen LogP) is 4.87. The minimum Gasteiger partial charge on any atom is -0.375 e. The van der Waals surface area contributed by atoms with Crippen LogP contribution in [-0.2, 0) is 12.8 Å². The second-order valence-electron chi connectivity index (χ2n) is 7.11. The Morgan fingerprint density at radius 1 is 1.03 bits per heavy atom. The second kappa shape index (κ2) is 8.01. The molecule has 0 saturated carbocycles. The van der Waals surface area contributed by atoms with E-state index in [4.69, 9.17) is 0 Å². The molecule has 3 aromatic rings. The van der Waals surface area contributed by atoms with E-state index < -0.39 is 30.3 Å². The van der Waals surface area contributed by atoms with Gasteiger partial charge in [0.05, 0.1) is 17.1 Å². The third-order valence-electron chi connectivity index (χ3n) is 4.95. The van der Waals surface area contributed by atoms with Crippen molar-refractivity contribution >= 4 is 17.3 Å². The summed E-state index contributed by atoms with van der Waals surface area (Å²) in [4.78, 5) is 12.9. The maximum absolute atomic E-state index is 13.7. The largest absolute Gasteiger partial charge is 0.405 e. The van der Waals surface area contributed by atoms with Gasteiger partial charge in [-0.25, -0.2) is 13.5 Å². The number of anilines is 2. The number of halogens is 5. The van der Waals surface area contributed by atoms with Gasteiger partial charge in [-0.3, -0.25) is 4.79 Å². The summed E-state index contributed by atoms with van der Waals surface area (Å²) in [5, 5.41) is 9.16. The van der Waals surface area contributed by atoms with E-state index in [2.05, 4.69) is 15.7 Å². The molecule has 0 aliphatic heterocycles. The Kier molecular flexibility index (Phi) is 5.38. The minimum atomic E-state index is -4.42. The summed E-state index contributed by atoms with van der Waals surface area (Å²) >= 11 is 0. The fourth-order valence-electron chi connectivity index (χ4n) is 3.57. The van der Waals surface area contributed by atoms with E-state index in [-0.39, 0.29) is 22.8 Å². The Bertz CT molecular complexity index is 1140. The lowest BCUT2D eigenvalue weighted by molar-refractivity contribution is -0.115. The molecule has 0 fully saturated rings. The average molecular weight is 436 g/mol. The summed E-state index contributed by atoms with van der Waals surface area (Å²) in [5.41, 5.74) is 2.07. The summed E-state index contributed by atoms with van der Waals surface area (Å²) in [6.07, 6.45) is -2.46. The van der Waals surface area contributed by atoms with Crippen molar-refractivity contribution in [1.29, 1.82) is 0 Å². The minimum absolute atomic E-state index is 0.0999.